The summed E-state index contributed by atoms with van der Waals surface area (Å²) in [5.41, 5.74) is 3.02. The highest BCUT2D eigenvalue weighted by atomic mass is 35.5. The standard InChI is InChI=1S/C34H39ClN6O4/c1-19(2)27-29(20(3)12-13-36-27)41-31-24(14-25(35)28(37-31)23-10-8-9-11-26(23)44-7)30(38-32(41)42)39-15-21-17-40(18-22(21)16-39)33(43)45-34(4,5)6/h8-14,19,21-22H,15-18H2,1-7H3. The van der Waals surface area contributed by atoms with Crippen molar-refractivity contribution in [2.24, 2.45) is 11.8 Å². The van der Waals surface area contributed by atoms with Crippen LogP contribution in [0.15, 0.2) is 47.4 Å². The van der Waals surface area contributed by atoms with E-state index in [9.17, 15) is 9.59 Å². The third-order valence-electron chi connectivity index (χ3n) is 8.53. The molecule has 2 saturated heterocycles. The molecule has 5 heterocycles. The zero-order valence-electron chi connectivity index (χ0n) is 26.8. The van der Waals surface area contributed by atoms with E-state index in [0.29, 0.717) is 70.7 Å². The predicted molar refractivity (Wildman–Crippen MR) is 176 cm³/mol. The lowest BCUT2D eigenvalue weighted by molar-refractivity contribution is 0.0282. The molecule has 0 radical (unpaired) electrons. The van der Waals surface area contributed by atoms with Gasteiger partial charge in [0.15, 0.2) is 5.65 Å². The SMILES string of the molecule is COc1ccccc1-c1nc2c(cc1Cl)c(N1CC3CN(C(=O)OC(C)(C)C)CC3C1)nc(=O)n2-c1c(C)ccnc1C(C)C. The van der Waals surface area contributed by atoms with Crippen molar-refractivity contribution in [2.45, 2.75) is 53.1 Å². The van der Waals surface area contributed by atoms with Crippen LogP contribution < -0.4 is 15.3 Å². The highest BCUT2D eigenvalue weighted by Crippen LogP contribution is 2.40. The van der Waals surface area contributed by atoms with E-state index in [-0.39, 0.29) is 23.8 Å². The molecular weight excluding hydrogens is 592 g/mol. The van der Waals surface area contributed by atoms with Crippen LogP contribution in [-0.2, 0) is 4.74 Å². The number of rotatable bonds is 5. The Hall–Kier alpha value is -4.18. The van der Waals surface area contributed by atoms with E-state index in [0.717, 1.165) is 11.3 Å². The normalized spacial score (nSPS) is 18.2. The first-order valence-corrected chi connectivity index (χ1v) is 15.7. The maximum absolute atomic E-state index is 14.1. The number of amides is 1. The summed E-state index contributed by atoms with van der Waals surface area (Å²) in [6, 6.07) is 11.3. The van der Waals surface area contributed by atoms with Gasteiger partial charge in [0.2, 0.25) is 0 Å². The third kappa shape index (κ3) is 5.72. The summed E-state index contributed by atoms with van der Waals surface area (Å²) >= 11 is 6.98. The van der Waals surface area contributed by atoms with Gasteiger partial charge in [0.05, 0.1) is 34.6 Å². The summed E-state index contributed by atoms with van der Waals surface area (Å²) in [7, 11) is 1.60. The molecule has 10 nitrogen and oxygen atoms in total. The van der Waals surface area contributed by atoms with Crippen LogP contribution in [-0.4, -0.2) is 69.4 Å². The Balaban J connectivity index is 1.49. The molecule has 0 bridgehead atoms. The van der Waals surface area contributed by atoms with Gasteiger partial charge in [0.25, 0.3) is 0 Å². The quantitative estimate of drug-likeness (QED) is 0.255. The minimum Gasteiger partial charge on any atom is -0.496 e. The molecule has 2 fully saturated rings. The molecule has 6 rings (SSSR count). The second kappa shape index (κ2) is 11.6. The van der Waals surface area contributed by atoms with E-state index in [4.69, 9.17) is 26.1 Å². The number of likely N-dealkylation sites (tertiary alicyclic amines) is 1. The molecule has 2 aliphatic rings. The largest absolute Gasteiger partial charge is 0.496 e. The number of benzene rings is 1. The van der Waals surface area contributed by atoms with Crippen LogP contribution in [0.1, 0.15) is 51.8 Å². The fraction of sp³-hybridized carbons (Fsp3) is 0.441. The summed E-state index contributed by atoms with van der Waals surface area (Å²) in [5, 5.41) is 1.09. The highest BCUT2D eigenvalue weighted by Gasteiger charge is 2.43. The van der Waals surface area contributed by atoms with Gasteiger partial charge in [-0.1, -0.05) is 37.6 Å². The van der Waals surface area contributed by atoms with Crippen molar-refractivity contribution in [3.63, 3.8) is 0 Å². The molecule has 4 aromatic rings. The van der Waals surface area contributed by atoms with Gasteiger partial charge in [0, 0.05) is 49.8 Å². The smallest absolute Gasteiger partial charge is 0.410 e. The Kier molecular flexibility index (Phi) is 7.97. The third-order valence-corrected chi connectivity index (χ3v) is 8.81. The fourth-order valence-corrected chi connectivity index (χ4v) is 6.76. The van der Waals surface area contributed by atoms with Gasteiger partial charge >= 0.3 is 11.8 Å². The summed E-state index contributed by atoms with van der Waals surface area (Å²) in [6.07, 6.45) is 1.47. The van der Waals surface area contributed by atoms with Crippen LogP contribution in [0.2, 0.25) is 5.02 Å². The average molecular weight is 631 g/mol. The number of methoxy groups -OCH3 is 1. The minimum absolute atomic E-state index is 0.0494. The molecule has 0 aliphatic carbocycles. The molecule has 45 heavy (non-hydrogen) atoms. The first-order chi connectivity index (χ1) is 21.4. The highest BCUT2D eigenvalue weighted by molar-refractivity contribution is 6.34. The number of halogens is 1. The Morgan fingerprint density at radius 1 is 1.04 bits per heavy atom. The molecule has 2 atom stereocenters. The van der Waals surface area contributed by atoms with Crippen molar-refractivity contribution < 1.29 is 14.3 Å². The molecule has 2 unspecified atom stereocenters. The lowest BCUT2D eigenvalue weighted by Gasteiger charge is -2.27. The summed E-state index contributed by atoms with van der Waals surface area (Å²) < 4.78 is 12.8. The Morgan fingerprint density at radius 3 is 2.38 bits per heavy atom. The van der Waals surface area contributed by atoms with Crippen LogP contribution in [0, 0.1) is 18.8 Å². The molecule has 0 saturated carbocycles. The molecule has 0 spiro atoms. The fourth-order valence-electron chi connectivity index (χ4n) is 6.50. The van der Waals surface area contributed by atoms with E-state index in [1.807, 2.05) is 64.1 Å². The molecule has 1 amide bonds. The topological polar surface area (TPSA) is 103 Å². The lowest BCUT2D eigenvalue weighted by atomic mass is 10.0. The molecule has 236 valence electrons. The second-order valence-electron chi connectivity index (χ2n) is 13.3. The summed E-state index contributed by atoms with van der Waals surface area (Å²) in [6.45, 7) is 14.2. The van der Waals surface area contributed by atoms with E-state index >= 15 is 0 Å². The molecule has 1 aromatic carbocycles. The second-order valence-corrected chi connectivity index (χ2v) is 13.7. The molecule has 0 N–H and O–H groups in total. The number of aromatic nitrogens is 4. The van der Waals surface area contributed by atoms with Gasteiger partial charge in [-0.15, -0.1) is 0 Å². The minimum atomic E-state index is -0.551. The van der Waals surface area contributed by atoms with Crippen molar-refractivity contribution in [3.8, 4) is 22.7 Å². The number of hydrogen-bond donors (Lipinski definition) is 0. The van der Waals surface area contributed by atoms with Crippen LogP contribution >= 0.6 is 11.6 Å². The van der Waals surface area contributed by atoms with Gasteiger partial charge in [-0.05, 0) is 63.4 Å². The maximum atomic E-state index is 14.1. The number of nitrogens with zero attached hydrogens (tertiary/aromatic N) is 6. The van der Waals surface area contributed by atoms with Crippen molar-refractivity contribution in [2.75, 3.05) is 38.2 Å². The summed E-state index contributed by atoms with van der Waals surface area (Å²) in [5.74, 6) is 1.66. The van der Waals surface area contributed by atoms with E-state index < -0.39 is 11.3 Å². The first kappa shape index (κ1) is 30.8. The maximum Gasteiger partial charge on any atom is 0.410 e. The number of ether oxygens (including phenoxy) is 2. The van der Waals surface area contributed by atoms with Gasteiger partial charge in [-0.25, -0.2) is 19.1 Å². The van der Waals surface area contributed by atoms with Crippen molar-refractivity contribution in [1.82, 2.24) is 24.4 Å². The van der Waals surface area contributed by atoms with Crippen molar-refractivity contribution >= 4 is 34.5 Å². The van der Waals surface area contributed by atoms with E-state index in [2.05, 4.69) is 28.7 Å². The van der Waals surface area contributed by atoms with E-state index in [1.165, 1.54) is 0 Å². The van der Waals surface area contributed by atoms with Crippen LogP contribution in [0.3, 0.4) is 0 Å². The van der Waals surface area contributed by atoms with Gasteiger partial charge in [0.1, 0.15) is 17.2 Å². The molecule has 2 aliphatic heterocycles. The average Bonchev–Trinajstić information content (AvgIpc) is 3.56. The van der Waals surface area contributed by atoms with Crippen molar-refractivity contribution in [1.29, 1.82) is 0 Å². The van der Waals surface area contributed by atoms with Gasteiger partial charge in [-0.2, -0.15) is 4.98 Å². The molecular formula is C34H39ClN6O4. The number of anilines is 1. The number of fused-ring (bicyclic) bond motifs is 2. The summed E-state index contributed by atoms with van der Waals surface area (Å²) in [4.78, 5) is 45.3. The number of hydrogen-bond acceptors (Lipinski definition) is 8. The van der Waals surface area contributed by atoms with Gasteiger partial charge < -0.3 is 19.3 Å². The predicted octanol–water partition coefficient (Wildman–Crippen LogP) is 6.24. The molecule has 3 aromatic heterocycles. The van der Waals surface area contributed by atoms with E-state index in [1.54, 1.807) is 22.8 Å². The van der Waals surface area contributed by atoms with Crippen molar-refractivity contribution in [3.05, 3.63) is 69.4 Å². The lowest BCUT2D eigenvalue weighted by Crippen LogP contribution is -2.38. The zero-order chi connectivity index (χ0) is 32.2. The van der Waals surface area contributed by atoms with Gasteiger partial charge in [-0.3, -0.25) is 4.98 Å². The monoisotopic (exact) mass is 630 g/mol. The first-order valence-electron chi connectivity index (χ1n) is 15.3. The Morgan fingerprint density at radius 2 is 1.73 bits per heavy atom. The number of pyridine rings is 2. The van der Waals surface area contributed by atoms with Crippen LogP contribution in [0.25, 0.3) is 28.0 Å². The number of carbonyl (C=O) groups excluding carboxylic acids is 1. The zero-order valence-corrected chi connectivity index (χ0v) is 27.6. The Labute approximate surface area is 268 Å². The molecule has 11 heteroatoms. The Bertz CT molecular complexity index is 1840. The number of para-hydroxylation sites is 1. The number of aryl methyl sites for hydroxylation is 1. The van der Waals surface area contributed by atoms with Crippen LogP contribution in [0.4, 0.5) is 10.6 Å². The van der Waals surface area contributed by atoms with Crippen LogP contribution in [0.5, 0.6) is 5.75 Å². The number of carbonyl (C=O) groups is 1.